The first-order chi connectivity index (χ1) is 12.1. The van der Waals surface area contributed by atoms with Crippen LogP contribution >= 0.6 is 11.5 Å². The van der Waals surface area contributed by atoms with Gasteiger partial charge in [-0.2, -0.15) is 4.37 Å². The molecular formula is C18H24N6S. The molecule has 0 bridgehead atoms. The zero-order valence-electron chi connectivity index (χ0n) is 14.7. The van der Waals surface area contributed by atoms with Gasteiger partial charge in [0.2, 0.25) is 0 Å². The van der Waals surface area contributed by atoms with Gasteiger partial charge >= 0.3 is 0 Å². The Morgan fingerprint density at radius 2 is 2.20 bits per heavy atom. The molecule has 0 aliphatic heterocycles. The van der Waals surface area contributed by atoms with Crippen LogP contribution in [0.3, 0.4) is 0 Å². The van der Waals surface area contributed by atoms with E-state index in [1.54, 1.807) is 6.33 Å². The smallest absolute Gasteiger partial charge is 0.162 e. The lowest BCUT2D eigenvalue weighted by Crippen LogP contribution is -2.30. The lowest BCUT2D eigenvalue weighted by molar-refractivity contribution is 0.317. The van der Waals surface area contributed by atoms with Crippen LogP contribution < -0.4 is 5.73 Å². The summed E-state index contributed by atoms with van der Waals surface area (Å²) in [5.74, 6) is 1.71. The molecule has 0 radical (unpaired) electrons. The van der Waals surface area contributed by atoms with Crippen molar-refractivity contribution in [3.63, 3.8) is 0 Å². The van der Waals surface area contributed by atoms with E-state index in [-0.39, 0.29) is 6.04 Å². The van der Waals surface area contributed by atoms with E-state index in [4.69, 9.17) is 10.7 Å². The number of imidazole rings is 1. The van der Waals surface area contributed by atoms with Gasteiger partial charge in [-0.15, -0.1) is 0 Å². The van der Waals surface area contributed by atoms with Crippen LogP contribution in [-0.4, -0.2) is 29.9 Å². The molecule has 0 spiro atoms. The molecule has 6 nitrogen and oxygen atoms in total. The van der Waals surface area contributed by atoms with Crippen LogP contribution in [0.4, 0.5) is 0 Å². The van der Waals surface area contributed by atoms with Crippen LogP contribution in [0, 0.1) is 5.92 Å². The molecule has 3 aromatic rings. The molecular weight excluding hydrogens is 332 g/mol. The van der Waals surface area contributed by atoms with Crippen LogP contribution in [0.5, 0.6) is 0 Å². The first-order valence-corrected chi connectivity index (χ1v) is 9.78. The second-order valence-corrected chi connectivity index (χ2v) is 8.16. The summed E-state index contributed by atoms with van der Waals surface area (Å²) in [4.78, 5) is 13.8. The molecule has 0 aromatic carbocycles. The Hall–Kier alpha value is -1.86. The van der Waals surface area contributed by atoms with Gasteiger partial charge in [-0.05, 0) is 49.2 Å². The van der Waals surface area contributed by atoms with Crippen molar-refractivity contribution in [1.82, 2.24) is 23.9 Å². The van der Waals surface area contributed by atoms with Gasteiger partial charge in [-0.25, -0.2) is 9.97 Å². The van der Waals surface area contributed by atoms with Crippen LogP contribution in [0.2, 0.25) is 0 Å². The molecule has 1 aliphatic rings. The van der Waals surface area contributed by atoms with Gasteiger partial charge in [0.1, 0.15) is 23.4 Å². The largest absolute Gasteiger partial charge is 0.328 e. The van der Waals surface area contributed by atoms with Gasteiger partial charge in [0, 0.05) is 18.5 Å². The molecule has 4 rings (SSSR count). The normalized spacial score (nSPS) is 21.3. The maximum absolute atomic E-state index is 6.27. The Kier molecular flexibility index (Phi) is 4.52. The minimum absolute atomic E-state index is 0.285. The number of pyridine rings is 1. The zero-order valence-corrected chi connectivity index (χ0v) is 15.5. The number of aromatic nitrogens is 5. The first-order valence-electron chi connectivity index (χ1n) is 9.01. The molecule has 132 valence electrons. The average molecular weight is 356 g/mol. The molecule has 1 saturated carbocycles. The van der Waals surface area contributed by atoms with Crippen LogP contribution in [0.15, 0.2) is 18.6 Å². The summed E-state index contributed by atoms with van der Waals surface area (Å²) < 4.78 is 6.53. The van der Waals surface area contributed by atoms with E-state index in [0.29, 0.717) is 12.0 Å². The van der Waals surface area contributed by atoms with E-state index in [9.17, 15) is 0 Å². The highest BCUT2D eigenvalue weighted by Crippen LogP contribution is 2.34. The van der Waals surface area contributed by atoms with Crippen LogP contribution in [-0.2, 0) is 6.42 Å². The van der Waals surface area contributed by atoms with Gasteiger partial charge < -0.3 is 10.3 Å². The number of nitrogens with zero attached hydrogens (tertiary/aromatic N) is 5. The zero-order chi connectivity index (χ0) is 17.4. The Morgan fingerprint density at radius 3 is 2.92 bits per heavy atom. The van der Waals surface area contributed by atoms with Gasteiger partial charge in [0.05, 0.1) is 11.7 Å². The molecule has 7 heteroatoms. The Labute approximate surface area is 151 Å². The summed E-state index contributed by atoms with van der Waals surface area (Å²) in [7, 11) is 0. The monoisotopic (exact) mass is 356 g/mol. The maximum atomic E-state index is 6.27. The molecule has 0 amide bonds. The van der Waals surface area contributed by atoms with Crippen molar-refractivity contribution in [2.24, 2.45) is 11.7 Å². The highest BCUT2D eigenvalue weighted by atomic mass is 32.1. The Balaban J connectivity index is 1.84. The second kappa shape index (κ2) is 6.80. The molecule has 2 atom stereocenters. The fourth-order valence-corrected chi connectivity index (χ4v) is 4.30. The summed E-state index contributed by atoms with van der Waals surface area (Å²) in [6.07, 6.45) is 8.91. The van der Waals surface area contributed by atoms with Crippen molar-refractivity contribution in [2.75, 3.05) is 0 Å². The topological polar surface area (TPSA) is 82.5 Å². The highest BCUT2D eigenvalue weighted by Gasteiger charge is 2.25. The van der Waals surface area contributed by atoms with Crippen molar-refractivity contribution in [3.05, 3.63) is 24.4 Å². The quantitative estimate of drug-likeness (QED) is 0.772. The molecule has 2 N–H and O–H groups in total. The Morgan fingerprint density at radius 1 is 1.32 bits per heavy atom. The van der Waals surface area contributed by atoms with Crippen molar-refractivity contribution in [3.8, 4) is 10.7 Å². The predicted molar refractivity (Wildman–Crippen MR) is 100 cm³/mol. The third-order valence-corrected chi connectivity index (χ3v) is 5.56. The van der Waals surface area contributed by atoms with Crippen LogP contribution in [0.1, 0.15) is 51.4 Å². The van der Waals surface area contributed by atoms with Crippen molar-refractivity contribution < 1.29 is 0 Å². The number of hydrogen-bond donors (Lipinski definition) is 1. The fraction of sp³-hybridized carbons (Fsp3) is 0.556. The summed E-state index contributed by atoms with van der Waals surface area (Å²) in [5, 5.41) is 0.848. The molecule has 25 heavy (non-hydrogen) atoms. The third-order valence-electron chi connectivity index (χ3n) is 4.87. The molecule has 1 aliphatic carbocycles. The number of hydrogen-bond acceptors (Lipinski definition) is 6. The Bertz CT molecular complexity index is 854. The average Bonchev–Trinajstić information content (AvgIpc) is 3.21. The fourth-order valence-electron chi connectivity index (χ4n) is 3.80. The molecule has 3 aromatic heterocycles. The number of rotatable bonds is 4. The third kappa shape index (κ3) is 3.30. The van der Waals surface area contributed by atoms with Crippen LogP contribution in [0.25, 0.3) is 21.7 Å². The van der Waals surface area contributed by atoms with Crippen molar-refractivity contribution in [1.29, 1.82) is 0 Å². The summed E-state index contributed by atoms with van der Waals surface area (Å²) in [5.41, 5.74) is 9.25. The maximum Gasteiger partial charge on any atom is 0.162 e. The van der Waals surface area contributed by atoms with E-state index >= 15 is 0 Å². The van der Waals surface area contributed by atoms with Gasteiger partial charge in [0.25, 0.3) is 0 Å². The second-order valence-electron chi connectivity index (χ2n) is 7.38. The van der Waals surface area contributed by atoms with Gasteiger partial charge in [-0.1, -0.05) is 13.8 Å². The first kappa shape index (κ1) is 16.6. The van der Waals surface area contributed by atoms with Gasteiger partial charge in [0.15, 0.2) is 5.01 Å². The lowest BCUT2D eigenvalue weighted by Gasteiger charge is -2.29. The van der Waals surface area contributed by atoms with E-state index < -0.39 is 0 Å². The van der Waals surface area contributed by atoms with Gasteiger partial charge in [-0.3, -0.25) is 4.98 Å². The summed E-state index contributed by atoms with van der Waals surface area (Å²) >= 11 is 1.37. The summed E-state index contributed by atoms with van der Waals surface area (Å²) in [6.45, 7) is 4.47. The van der Waals surface area contributed by atoms with E-state index in [1.165, 1.54) is 24.4 Å². The molecule has 1 fully saturated rings. The highest BCUT2D eigenvalue weighted by molar-refractivity contribution is 7.09. The summed E-state index contributed by atoms with van der Waals surface area (Å²) in [6, 6.07) is 2.83. The van der Waals surface area contributed by atoms with Crippen molar-refractivity contribution >= 4 is 22.6 Å². The lowest BCUT2D eigenvalue weighted by atomic mass is 9.91. The van der Waals surface area contributed by atoms with E-state index in [2.05, 4.69) is 38.8 Å². The van der Waals surface area contributed by atoms with E-state index in [1.807, 2.05) is 6.20 Å². The molecule has 3 heterocycles. The molecule has 0 saturated heterocycles. The standard InChI is InChI=1S/C18H24N6S/c1-11(2)6-17-23-15-9-20-14(18-21-10-22-25-18)8-16(15)24(17)13-5-3-4-12(19)7-13/h8-13H,3-7,19H2,1-2H3/t12-,13+/m0/s1. The SMILES string of the molecule is CC(C)Cc1nc2cnc(-c3ncns3)cc2n1[C@@H]1CCC[C@H](N)C1. The minimum atomic E-state index is 0.285. The minimum Gasteiger partial charge on any atom is -0.328 e. The van der Waals surface area contributed by atoms with Crippen molar-refractivity contribution in [2.45, 2.75) is 58.0 Å². The number of nitrogens with two attached hydrogens (primary N) is 1. The molecule has 0 unspecified atom stereocenters. The predicted octanol–water partition coefficient (Wildman–Crippen LogP) is 3.59. The van der Waals surface area contributed by atoms with E-state index in [0.717, 1.165) is 46.8 Å². The number of fused-ring (bicyclic) bond motifs is 1.